The Bertz CT molecular complexity index is 595. The van der Waals surface area contributed by atoms with Crippen LogP contribution < -0.4 is 5.43 Å². The van der Waals surface area contributed by atoms with Gasteiger partial charge in [-0.2, -0.15) is 5.10 Å². The lowest BCUT2D eigenvalue weighted by Crippen LogP contribution is -2.17. The molecule has 92 valence electrons. The van der Waals surface area contributed by atoms with E-state index < -0.39 is 0 Å². The largest absolute Gasteiger partial charge is 0.272 e. The maximum atomic E-state index is 11.8. The number of halogens is 2. The van der Waals surface area contributed by atoms with Gasteiger partial charge in [-0.1, -0.05) is 12.1 Å². The standard InChI is InChI=1S/C12H8Br2N2OS/c13-10-4-2-1-3-9(10)12(17)16-15-7-8-5-6-11(14)18-8/h1-7H,(H,16,17). The molecule has 1 aromatic heterocycles. The fourth-order valence-electron chi connectivity index (χ4n) is 1.26. The highest BCUT2D eigenvalue weighted by atomic mass is 79.9. The number of nitrogens with one attached hydrogen (secondary N) is 1. The fraction of sp³-hybridized carbons (Fsp3) is 0. The van der Waals surface area contributed by atoms with Crippen LogP contribution in [0.4, 0.5) is 0 Å². The van der Waals surface area contributed by atoms with Crippen molar-refractivity contribution in [1.82, 2.24) is 5.43 Å². The fourth-order valence-corrected chi connectivity index (χ4v) is 3.02. The van der Waals surface area contributed by atoms with Gasteiger partial charge in [-0.05, 0) is 56.1 Å². The van der Waals surface area contributed by atoms with Crippen molar-refractivity contribution in [3.05, 3.63) is 55.1 Å². The molecular weight excluding hydrogens is 380 g/mol. The van der Waals surface area contributed by atoms with Gasteiger partial charge < -0.3 is 0 Å². The minimum atomic E-state index is -0.241. The van der Waals surface area contributed by atoms with Crippen molar-refractivity contribution in [2.24, 2.45) is 5.10 Å². The quantitative estimate of drug-likeness (QED) is 0.626. The van der Waals surface area contributed by atoms with E-state index in [2.05, 4.69) is 42.4 Å². The number of carbonyl (C=O) groups is 1. The highest BCUT2D eigenvalue weighted by Gasteiger charge is 2.07. The van der Waals surface area contributed by atoms with E-state index in [4.69, 9.17) is 0 Å². The van der Waals surface area contributed by atoms with Crippen LogP contribution in [0, 0.1) is 0 Å². The average Bonchev–Trinajstić information content (AvgIpc) is 2.75. The van der Waals surface area contributed by atoms with Crippen molar-refractivity contribution >= 4 is 55.3 Å². The van der Waals surface area contributed by atoms with Gasteiger partial charge in [0.05, 0.1) is 15.6 Å². The van der Waals surface area contributed by atoms with Crippen molar-refractivity contribution in [2.45, 2.75) is 0 Å². The first-order valence-electron chi connectivity index (χ1n) is 5.00. The summed E-state index contributed by atoms with van der Waals surface area (Å²) in [5.41, 5.74) is 3.05. The van der Waals surface area contributed by atoms with E-state index >= 15 is 0 Å². The summed E-state index contributed by atoms with van der Waals surface area (Å²) in [6.07, 6.45) is 1.62. The number of hydrazone groups is 1. The normalized spacial score (nSPS) is 10.8. The third-order valence-corrected chi connectivity index (χ3v) is 4.32. The van der Waals surface area contributed by atoms with Gasteiger partial charge in [0.1, 0.15) is 0 Å². The Kier molecular flexibility index (Phi) is 4.68. The van der Waals surface area contributed by atoms with Crippen LogP contribution in [0.5, 0.6) is 0 Å². The van der Waals surface area contributed by atoms with Gasteiger partial charge in [0.2, 0.25) is 0 Å². The van der Waals surface area contributed by atoms with Crippen molar-refractivity contribution in [3.63, 3.8) is 0 Å². The number of hydrogen-bond donors (Lipinski definition) is 1. The molecule has 0 atom stereocenters. The van der Waals surface area contributed by atoms with Crippen LogP contribution in [-0.2, 0) is 0 Å². The number of benzene rings is 1. The third kappa shape index (κ3) is 3.51. The molecule has 1 heterocycles. The molecule has 0 radical (unpaired) electrons. The van der Waals surface area contributed by atoms with E-state index in [0.717, 1.165) is 13.1 Å². The van der Waals surface area contributed by atoms with Crippen LogP contribution in [0.3, 0.4) is 0 Å². The van der Waals surface area contributed by atoms with E-state index in [1.165, 1.54) is 0 Å². The van der Waals surface area contributed by atoms with Crippen LogP contribution in [0.25, 0.3) is 0 Å². The van der Waals surface area contributed by atoms with Crippen LogP contribution in [0.1, 0.15) is 15.2 Å². The molecule has 2 rings (SSSR count). The number of nitrogens with zero attached hydrogens (tertiary/aromatic N) is 1. The van der Waals surface area contributed by atoms with Crippen molar-refractivity contribution in [1.29, 1.82) is 0 Å². The predicted octanol–water partition coefficient (Wildman–Crippen LogP) is 4.04. The number of rotatable bonds is 3. The van der Waals surface area contributed by atoms with Gasteiger partial charge >= 0.3 is 0 Å². The summed E-state index contributed by atoms with van der Waals surface area (Å²) in [5, 5.41) is 3.92. The topological polar surface area (TPSA) is 41.5 Å². The van der Waals surface area contributed by atoms with E-state index in [0.29, 0.717) is 5.56 Å². The molecule has 0 bridgehead atoms. The van der Waals surface area contributed by atoms with Gasteiger partial charge in [0.15, 0.2) is 0 Å². The summed E-state index contributed by atoms with van der Waals surface area (Å²) < 4.78 is 1.78. The summed E-state index contributed by atoms with van der Waals surface area (Å²) in [5.74, 6) is -0.241. The second-order valence-corrected chi connectivity index (χ2v) is 6.67. The minimum absolute atomic E-state index is 0.241. The molecule has 0 saturated heterocycles. The molecule has 2 aromatic rings. The zero-order valence-electron chi connectivity index (χ0n) is 9.06. The first-order chi connectivity index (χ1) is 8.66. The van der Waals surface area contributed by atoms with Crippen LogP contribution in [-0.4, -0.2) is 12.1 Å². The molecule has 18 heavy (non-hydrogen) atoms. The first kappa shape index (κ1) is 13.5. The first-order valence-corrected chi connectivity index (χ1v) is 7.40. The van der Waals surface area contributed by atoms with Gasteiger partial charge in [-0.15, -0.1) is 11.3 Å². The Morgan fingerprint density at radius 1 is 1.22 bits per heavy atom. The summed E-state index contributed by atoms with van der Waals surface area (Å²) in [6.45, 7) is 0. The number of carbonyl (C=O) groups excluding carboxylic acids is 1. The minimum Gasteiger partial charge on any atom is -0.267 e. The molecule has 0 saturated carbocycles. The smallest absolute Gasteiger partial charge is 0.267 e. The van der Waals surface area contributed by atoms with E-state index in [1.54, 1.807) is 29.7 Å². The number of amides is 1. The zero-order valence-corrected chi connectivity index (χ0v) is 13.0. The van der Waals surface area contributed by atoms with E-state index in [-0.39, 0.29) is 5.91 Å². The molecule has 1 N–H and O–H groups in total. The monoisotopic (exact) mass is 386 g/mol. The lowest BCUT2D eigenvalue weighted by molar-refractivity contribution is 0.0954. The van der Waals surface area contributed by atoms with E-state index in [9.17, 15) is 4.79 Å². The maximum absolute atomic E-state index is 11.8. The van der Waals surface area contributed by atoms with Crippen LogP contribution in [0.15, 0.2) is 49.8 Å². The Hall–Kier alpha value is -0.980. The number of thiophene rings is 1. The molecule has 1 amide bonds. The van der Waals surface area contributed by atoms with Crippen LogP contribution in [0.2, 0.25) is 0 Å². The highest BCUT2D eigenvalue weighted by Crippen LogP contribution is 2.20. The lowest BCUT2D eigenvalue weighted by atomic mass is 10.2. The molecule has 0 unspecified atom stereocenters. The van der Waals surface area contributed by atoms with Gasteiger partial charge in [0, 0.05) is 9.35 Å². The second-order valence-electron chi connectivity index (χ2n) is 3.32. The molecule has 6 heteroatoms. The molecule has 0 spiro atoms. The predicted molar refractivity (Wildman–Crippen MR) is 81.2 cm³/mol. The molecule has 0 aliphatic heterocycles. The molecular formula is C12H8Br2N2OS. The van der Waals surface area contributed by atoms with Crippen molar-refractivity contribution < 1.29 is 4.79 Å². The number of hydrogen-bond acceptors (Lipinski definition) is 3. The average molecular weight is 388 g/mol. The molecule has 0 aliphatic rings. The Morgan fingerprint density at radius 3 is 2.67 bits per heavy atom. The Morgan fingerprint density at radius 2 is 2.00 bits per heavy atom. The zero-order chi connectivity index (χ0) is 13.0. The molecule has 0 fully saturated rings. The Labute approximate surface area is 125 Å². The second kappa shape index (κ2) is 6.26. The van der Waals surface area contributed by atoms with Gasteiger partial charge in [0.25, 0.3) is 5.91 Å². The summed E-state index contributed by atoms with van der Waals surface area (Å²) >= 11 is 8.23. The SMILES string of the molecule is O=C(NN=Cc1ccc(Br)s1)c1ccccc1Br. The molecule has 1 aromatic carbocycles. The van der Waals surface area contributed by atoms with Gasteiger partial charge in [-0.25, -0.2) is 5.43 Å². The lowest BCUT2D eigenvalue weighted by Gasteiger charge is -2.01. The van der Waals surface area contributed by atoms with Gasteiger partial charge in [-0.3, -0.25) is 4.79 Å². The summed E-state index contributed by atoms with van der Waals surface area (Å²) in [4.78, 5) is 12.8. The van der Waals surface area contributed by atoms with E-state index in [1.807, 2.05) is 24.3 Å². The summed E-state index contributed by atoms with van der Waals surface area (Å²) in [6, 6.07) is 11.1. The van der Waals surface area contributed by atoms with Crippen molar-refractivity contribution in [3.8, 4) is 0 Å². The Balaban J connectivity index is 2.01. The summed E-state index contributed by atoms with van der Waals surface area (Å²) in [7, 11) is 0. The maximum Gasteiger partial charge on any atom is 0.272 e. The molecule has 0 aliphatic carbocycles. The third-order valence-electron chi connectivity index (χ3n) is 2.07. The molecule has 3 nitrogen and oxygen atoms in total. The van der Waals surface area contributed by atoms with Crippen LogP contribution >= 0.6 is 43.2 Å². The van der Waals surface area contributed by atoms with Crippen molar-refractivity contribution in [2.75, 3.05) is 0 Å². The highest BCUT2D eigenvalue weighted by molar-refractivity contribution is 9.11.